The summed E-state index contributed by atoms with van der Waals surface area (Å²) in [6, 6.07) is 9.38. The van der Waals surface area contributed by atoms with Gasteiger partial charge in [0.1, 0.15) is 18.3 Å². The van der Waals surface area contributed by atoms with Gasteiger partial charge >= 0.3 is 5.97 Å². The van der Waals surface area contributed by atoms with Crippen molar-refractivity contribution in [2.24, 2.45) is 5.92 Å². The molecular formula is C16H18O3. The molecule has 0 aromatic heterocycles. The molecule has 100 valence electrons. The van der Waals surface area contributed by atoms with Crippen molar-refractivity contribution in [3.63, 3.8) is 0 Å². The number of hydrogen-bond acceptors (Lipinski definition) is 3. The number of terminal acetylenes is 1. The van der Waals surface area contributed by atoms with Crippen LogP contribution in [0.3, 0.4) is 0 Å². The summed E-state index contributed by atoms with van der Waals surface area (Å²) in [6.07, 6.45) is 6.82. The largest absolute Gasteiger partial charge is 0.460 e. The van der Waals surface area contributed by atoms with E-state index in [9.17, 15) is 9.59 Å². The van der Waals surface area contributed by atoms with Crippen LogP contribution in [0.1, 0.15) is 31.7 Å². The number of ether oxygens (including phenoxy) is 1. The van der Waals surface area contributed by atoms with E-state index in [1.54, 1.807) is 0 Å². The van der Waals surface area contributed by atoms with Gasteiger partial charge in [0.2, 0.25) is 0 Å². The Bertz CT molecular complexity index is 457. The lowest BCUT2D eigenvalue weighted by Gasteiger charge is -2.12. The van der Waals surface area contributed by atoms with Gasteiger partial charge in [-0.3, -0.25) is 9.59 Å². The molecule has 0 fully saturated rings. The van der Waals surface area contributed by atoms with Crippen LogP contribution in [0.25, 0.3) is 0 Å². The second-order valence-corrected chi connectivity index (χ2v) is 4.35. The van der Waals surface area contributed by atoms with Crippen molar-refractivity contribution in [2.75, 3.05) is 0 Å². The molecule has 3 heteroatoms. The number of esters is 1. The minimum Gasteiger partial charge on any atom is -0.460 e. The van der Waals surface area contributed by atoms with Crippen LogP contribution in [-0.2, 0) is 20.9 Å². The third-order valence-corrected chi connectivity index (χ3v) is 2.81. The monoisotopic (exact) mass is 258 g/mol. The number of ketones is 1. The highest BCUT2D eigenvalue weighted by molar-refractivity contribution is 5.97. The zero-order valence-electron chi connectivity index (χ0n) is 11.1. The summed E-state index contributed by atoms with van der Waals surface area (Å²) in [5.41, 5.74) is 0.904. The number of unbranched alkanes of at least 4 members (excludes halogenated alkanes) is 1. The average molecular weight is 258 g/mol. The van der Waals surface area contributed by atoms with E-state index in [0.29, 0.717) is 19.3 Å². The minimum atomic E-state index is -0.697. The van der Waals surface area contributed by atoms with Crippen molar-refractivity contribution in [1.82, 2.24) is 0 Å². The predicted octanol–water partition coefficient (Wildman–Crippen LogP) is 2.74. The van der Waals surface area contributed by atoms with Gasteiger partial charge < -0.3 is 4.74 Å². The Kier molecular flexibility index (Phi) is 6.38. The van der Waals surface area contributed by atoms with Gasteiger partial charge in [-0.2, -0.15) is 0 Å². The number of carbonyl (C=O) groups excluding carboxylic acids is 2. The van der Waals surface area contributed by atoms with Crippen molar-refractivity contribution in [3.8, 4) is 12.3 Å². The second-order valence-electron chi connectivity index (χ2n) is 4.35. The molecule has 0 aliphatic heterocycles. The maximum atomic E-state index is 11.9. The molecule has 0 bridgehead atoms. The highest BCUT2D eigenvalue weighted by Crippen LogP contribution is 2.13. The first-order chi connectivity index (χ1) is 9.15. The van der Waals surface area contributed by atoms with Crippen molar-refractivity contribution in [2.45, 2.75) is 32.8 Å². The smallest absolute Gasteiger partial charge is 0.316 e. The molecule has 0 saturated heterocycles. The summed E-state index contributed by atoms with van der Waals surface area (Å²) in [7, 11) is 0. The van der Waals surface area contributed by atoms with Gasteiger partial charge in [-0.25, -0.2) is 0 Å². The topological polar surface area (TPSA) is 43.4 Å². The molecule has 0 spiro atoms. The van der Waals surface area contributed by atoms with Crippen LogP contribution in [0, 0.1) is 18.3 Å². The fourth-order valence-electron chi connectivity index (χ4n) is 1.72. The number of hydrogen-bond donors (Lipinski definition) is 0. The second kappa shape index (κ2) is 8.10. The summed E-state index contributed by atoms with van der Waals surface area (Å²) in [5, 5.41) is 0. The number of benzene rings is 1. The maximum absolute atomic E-state index is 11.9. The van der Waals surface area contributed by atoms with Crippen LogP contribution in [0.15, 0.2) is 30.3 Å². The first kappa shape index (κ1) is 15.0. The molecule has 0 heterocycles. The van der Waals surface area contributed by atoms with Crippen LogP contribution < -0.4 is 0 Å². The summed E-state index contributed by atoms with van der Waals surface area (Å²) in [5.74, 6) is 1.16. The Morgan fingerprint density at radius 3 is 2.58 bits per heavy atom. The molecule has 1 aromatic rings. The third kappa shape index (κ3) is 5.39. The zero-order chi connectivity index (χ0) is 14.1. The Labute approximate surface area is 114 Å². The normalized spacial score (nSPS) is 11.4. The molecule has 0 saturated carbocycles. The molecule has 3 nitrogen and oxygen atoms in total. The first-order valence-electron chi connectivity index (χ1n) is 6.29. The molecule has 0 amide bonds. The zero-order valence-corrected chi connectivity index (χ0v) is 11.1. The van der Waals surface area contributed by atoms with Crippen molar-refractivity contribution < 1.29 is 14.3 Å². The fourth-order valence-corrected chi connectivity index (χ4v) is 1.72. The van der Waals surface area contributed by atoms with E-state index < -0.39 is 11.9 Å². The van der Waals surface area contributed by atoms with Crippen molar-refractivity contribution >= 4 is 11.8 Å². The number of rotatable bonds is 7. The van der Waals surface area contributed by atoms with Gasteiger partial charge in [-0.15, -0.1) is 12.3 Å². The summed E-state index contributed by atoms with van der Waals surface area (Å²) in [4.78, 5) is 23.3. The van der Waals surface area contributed by atoms with Gasteiger partial charge in [0.15, 0.2) is 0 Å². The van der Waals surface area contributed by atoms with Crippen LogP contribution in [-0.4, -0.2) is 11.8 Å². The number of Topliss-reactive ketones (excluding diaryl/α,β-unsaturated/α-hetero) is 1. The maximum Gasteiger partial charge on any atom is 0.316 e. The van der Waals surface area contributed by atoms with E-state index >= 15 is 0 Å². The Morgan fingerprint density at radius 2 is 2.00 bits per heavy atom. The van der Waals surface area contributed by atoms with Crippen LogP contribution in [0.2, 0.25) is 0 Å². The minimum absolute atomic E-state index is 0.171. The van der Waals surface area contributed by atoms with Crippen LogP contribution >= 0.6 is 0 Å². The summed E-state index contributed by atoms with van der Waals surface area (Å²) in [6.45, 7) is 1.60. The van der Waals surface area contributed by atoms with Gasteiger partial charge in [-0.1, -0.05) is 30.3 Å². The van der Waals surface area contributed by atoms with Gasteiger partial charge in [0, 0.05) is 6.42 Å². The molecule has 0 aliphatic rings. The van der Waals surface area contributed by atoms with Gasteiger partial charge in [-0.05, 0) is 25.3 Å². The van der Waals surface area contributed by atoms with Crippen LogP contribution in [0.5, 0.6) is 0 Å². The standard InChI is InChI=1S/C16H18O3/c1-3-4-6-11-15(13(2)17)16(18)19-12-14-9-7-5-8-10-14/h1,5,7-10,15H,4,6,11-12H2,2H3. The lowest BCUT2D eigenvalue weighted by molar-refractivity contribution is -0.153. The lowest BCUT2D eigenvalue weighted by Crippen LogP contribution is -2.24. The van der Waals surface area contributed by atoms with E-state index in [4.69, 9.17) is 11.2 Å². The van der Waals surface area contributed by atoms with Crippen molar-refractivity contribution in [1.29, 1.82) is 0 Å². The number of carbonyl (C=O) groups is 2. The fraction of sp³-hybridized carbons (Fsp3) is 0.375. The third-order valence-electron chi connectivity index (χ3n) is 2.81. The Morgan fingerprint density at radius 1 is 1.32 bits per heavy atom. The summed E-state index contributed by atoms with van der Waals surface area (Å²) >= 11 is 0. The van der Waals surface area contributed by atoms with Crippen molar-refractivity contribution in [3.05, 3.63) is 35.9 Å². The molecule has 0 aliphatic carbocycles. The van der Waals surface area contributed by atoms with Gasteiger partial charge in [0.25, 0.3) is 0 Å². The predicted molar refractivity (Wildman–Crippen MR) is 73.1 cm³/mol. The van der Waals surface area contributed by atoms with E-state index in [0.717, 1.165) is 5.56 Å². The SMILES string of the molecule is C#CCCCC(C(C)=O)C(=O)OCc1ccccc1. The van der Waals surface area contributed by atoms with E-state index in [-0.39, 0.29) is 12.4 Å². The van der Waals surface area contributed by atoms with E-state index in [1.807, 2.05) is 30.3 Å². The molecule has 1 aromatic carbocycles. The molecule has 1 atom stereocenters. The molecular weight excluding hydrogens is 240 g/mol. The Balaban J connectivity index is 2.48. The molecule has 1 rings (SSSR count). The quantitative estimate of drug-likeness (QED) is 0.327. The lowest BCUT2D eigenvalue weighted by atomic mass is 9.98. The molecule has 0 N–H and O–H groups in total. The highest BCUT2D eigenvalue weighted by Gasteiger charge is 2.24. The molecule has 0 radical (unpaired) electrons. The Hall–Kier alpha value is -2.08. The van der Waals surface area contributed by atoms with E-state index in [2.05, 4.69) is 5.92 Å². The first-order valence-corrected chi connectivity index (χ1v) is 6.29. The summed E-state index contributed by atoms with van der Waals surface area (Å²) < 4.78 is 5.17. The molecule has 19 heavy (non-hydrogen) atoms. The van der Waals surface area contributed by atoms with Gasteiger partial charge in [0.05, 0.1) is 0 Å². The highest BCUT2D eigenvalue weighted by atomic mass is 16.5. The van der Waals surface area contributed by atoms with Crippen LogP contribution in [0.4, 0.5) is 0 Å². The molecule has 1 unspecified atom stereocenters. The van der Waals surface area contributed by atoms with E-state index in [1.165, 1.54) is 6.92 Å². The average Bonchev–Trinajstić information content (AvgIpc) is 2.42.